The fourth-order valence-electron chi connectivity index (χ4n) is 1.58. The summed E-state index contributed by atoms with van der Waals surface area (Å²) in [5, 5.41) is 5.10. The third kappa shape index (κ3) is 5.52. The summed E-state index contributed by atoms with van der Waals surface area (Å²) in [5.74, 6) is -0.946. The van der Waals surface area contributed by atoms with Crippen molar-refractivity contribution < 1.29 is 14.4 Å². The van der Waals surface area contributed by atoms with Crippen LogP contribution >= 0.6 is 0 Å². The third-order valence-electron chi connectivity index (χ3n) is 2.75. The van der Waals surface area contributed by atoms with Crippen molar-refractivity contribution in [2.24, 2.45) is 0 Å². The molecule has 0 fully saturated rings. The first-order valence-corrected chi connectivity index (χ1v) is 6.58. The zero-order chi connectivity index (χ0) is 15.8. The Kier molecular flexibility index (Phi) is 6.19. The van der Waals surface area contributed by atoms with E-state index in [2.05, 4.69) is 10.6 Å². The molecule has 0 aliphatic carbocycles. The van der Waals surface area contributed by atoms with Gasteiger partial charge < -0.3 is 21.3 Å². The van der Waals surface area contributed by atoms with Gasteiger partial charge in [0.2, 0.25) is 11.8 Å². The topological polar surface area (TPSA) is 105 Å². The lowest BCUT2D eigenvalue weighted by Gasteiger charge is -2.16. The lowest BCUT2D eigenvalue weighted by atomic mass is 10.2. The van der Waals surface area contributed by atoms with Crippen LogP contribution in [0.2, 0.25) is 0 Å². The second-order valence-electron chi connectivity index (χ2n) is 4.51. The van der Waals surface area contributed by atoms with Crippen LogP contribution in [0.15, 0.2) is 24.3 Å². The van der Waals surface area contributed by atoms with E-state index in [0.29, 0.717) is 17.8 Å². The quantitative estimate of drug-likeness (QED) is 0.620. The van der Waals surface area contributed by atoms with E-state index in [1.807, 2.05) is 0 Å². The highest BCUT2D eigenvalue weighted by Gasteiger charge is 2.14. The first kappa shape index (κ1) is 16.5. The minimum Gasteiger partial charge on any atom is -0.399 e. The second-order valence-corrected chi connectivity index (χ2v) is 4.51. The number of hydrogen-bond acceptors (Lipinski definition) is 4. The van der Waals surface area contributed by atoms with Gasteiger partial charge in [-0.25, -0.2) is 0 Å². The molecule has 0 atom stereocenters. The molecule has 0 saturated carbocycles. The number of nitrogens with zero attached hydrogens (tertiary/aromatic N) is 1. The summed E-state index contributed by atoms with van der Waals surface area (Å²) in [6.45, 7) is 2.10. The molecule has 0 bridgehead atoms. The number of nitrogen functional groups attached to an aromatic ring is 1. The van der Waals surface area contributed by atoms with Crippen LogP contribution in [0, 0.1) is 0 Å². The standard InChI is InChI=1S/C14H20N4O3/c1-3-16-12(19)9-18(2)13(20)8-17-14(21)10-4-6-11(15)7-5-10/h4-7H,3,8-9,15H2,1-2H3,(H,16,19)(H,17,21). The lowest BCUT2D eigenvalue weighted by Crippen LogP contribution is -2.43. The maximum atomic E-state index is 11.8. The summed E-state index contributed by atoms with van der Waals surface area (Å²) in [5.41, 5.74) is 6.51. The van der Waals surface area contributed by atoms with Crippen molar-refractivity contribution in [3.8, 4) is 0 Å². The van der Waals surface area contributed by atoms with Crippen molar-refractivity contribution in [2.75, 3.05) is 32.4 Å². The highest BCUT2D eigenvalue weighted by Crippen LogP contribution is 2.04. The summed E-state index contributed by atoms with van der Waals surface area (Å²) >= 11 is 0. The van der Waals surface area contributed by atoms with E-state index in [9.17, 15) is 14.4 Å². The molecule has 21 heavy (non-hydrogen) atoms. The molecule has 114 valence electrons. The van der Waals surface area contributed by atoms with Gasteiger partial charge in [-0.3, -0.25) is 14.4 Å². The van der Waals surface area contributed by atoms with Crippen LogP contribution in [0.3, 0.4) is 0 Å². The summed E-state index contributed by atoms with van der Waals surface area (Å²) in [6, 6.07) is 6.37. The predicted molar refractivity (Wildman–Crippen MR) is 79.5 cm³/mol. The highest BCUT2D eigenvalue weighted by atomic mass is 16.2. The van der Waals surface area contributed by atoms with Crippen molar-refractivity contribution in [1.82, 2.24) is 15.5 Å². The SMILES string of the molecule is CCNC(=O)CN(C)C(=O)CNC(=O)c1ccc(N)cc1. The molecule has 4 N–H and O–H groups in total. The predicted octanol–water partition coefficient (Wildman–Crippen LogP) is -0.407. The molecule has 0 heterocycles. The zero-order valence-corrected chi connectivity index (χ0v) is 12.2. The number of amides is 3. The van der Waals surface area contributed by atoms with Crippen LogP contribution in [0.4, 0.5) is 5.69 Å². The highest BCUT2D eigenvalue weighted by molar-refractivity contribution is 5.97. The average Bonchev–Trinajstić information content (AvgIpc) is 2.45. The molecular formula is C14H20N4O3. The van der Waals surface area contributed by atoms with Crippen LogP contribution in [-0.2, 0) is 9.59 Å². The Hall–Kier alpha value is -2.57. The number of nitrogens with two attached hydrogens (primary N) is 1. The molecule has 7 nitrogen and oxygen atoms in total. The first-order valence-electron chi connectivity index (χ1n) is 6.58. The molecule has 0 saturated heterocycles. The van der Waals surface area contributed by atoms with Crippen molar-refractivity contribution in [3.63, 3.8) is 0 Å². The number of hydrogen-bond donors (Lipinski definition) is 3. The smallest absolute Gasteiger partial charge is 0.251 e. The van der Waals surface area contributed by atoms with Crippen molar-refractivity contribution in [2.45, 2.75) is 6.92 Å². The number of rotatable bonds is 6. The minimum absolute atomic E-state index is 0.0373. The largest absolute Gasteiger partial charge is 0.399 e. The van der Waals surface area contributed by atoms with Crippen LogP contribution in [-0.4, -0.2) is 49.3 Å². The molecule has 3 amide bonds. The Morgan fingerprint density at radius 3 is 2.33 bits per heavy atom. The number of carbonyl (C=O) groups excluding carboxylic acids is 3. The maximum Gasteiger partial charge on any atom is 0.251 e. The van der Waals surface area contributed by atoms with E-state index < -0.39 is 0 Å². The third-order valence-corrected chi connectivity index (χ3v) is 2.75. The van der Waals surface area contributed by atoms with Crippen molar-refractivity contribution in [1.29, 1.82) is 0 Å². The van der Waals surface area contributed by atoms with E-state index in [4.69, 9.17) is 5.73 Å². The molecule has 1 aromatic carbocycles. The van der Waals surface area contributed by atoms with Crippen LogP contribution in [0.1, 0.15) is 17.3 Å². The Morgan fingerprint density at radius 1 is 1.14 bits per heavy atom. The van der Waals surface area contributed by atoms with E-state index in [0.717, 1.165) is 0 Å². The van der Waals surface area contributed by atoms with E-state index >= 15 is 0 Å². The van der Waals surface area contributed by atoms with Gasteiger partial charge in [0.05, 0.1) is 13.1 Å². The van der Waals surface area contributed by atoms with Crippen molar-refractivity contribution >= 4 is 23.4 Å². The normalized spacial score (nSPS) is 9.81. The molecule has 0 spiro atoms. The van der Waals surface area contributed by atoms with Gasteiger partial charge in [0.25, 0.3) is 5.91 Å². The minimum atomic E-state index is -0.366. The monoisotopic (exact) mass is 292 g/mol. The van der Waals surface area contributed by atoms with E-state index in [1.54, 1.807) is 31.2 Å². The number of carbonyl (C=O) groups is 3. The number of likely N-dealkylation sites (N-methyl/N-ethyl adjacent to an activating group) is 2. The van der Waals surface area contributed by atoms with Crippen LogP contribution < -0.4 is 16.4 Å². The number of anilines is 1. The van der Waals surface area contributed by atoms with Crippen molar-refractivity contribution in [3.05, 3.63) is 29.8 Å². The molecule has 1 aromatic rings. The number of benzene rings is 1. The van der Waals surface area contributed by atoms with Gasteiger partial charge in [0.15, 0.2) is 0 Å². The Balaban J connectivity index is 2.43. The van der Waals surface area contributed by atoms with Gasteiger partial charge in [0.1, 0.15) is 0 Å². The molecule has 0 unspecified atom stereocenters. The van der Waals surface area contributed by atoms with Gasteiger partial charge >= 0.3 is 0 Å². The van der Waals surface area contributed by atoms with E-state index in [-0.39, 0.29) is 30.8 Å². The molecule has 1 rings (SSSR count). The Labute approximate surface area is 123 Å². The summed E-state index contributed by atoms with van der Waals surface area (Å²) in [6.07, 6.45) is 0. The summed E-state index contributed by atoms with van der Waals surface area (Å²) in [4.78, 5) is 36.2. The zero-order valence-electron chi connectivity index (χ0n) is 12.2. The Bertz CT molecular complexity index is 513. The number of nitrogens with one attached hydrogen (secondary N) is 2. The lowest BCUT2D eigenvalue weighted by molar-refractivity contribution is -0.133. The molecule has 0 aliphatic heterocycles. The molecule has 0 aromatic heterocycles. The van der Waals surface area contributed by atoms with E-state index in [1.165, 1.54) is 11.9 Å². The molecule has 0 radical (unpaired) electrons. The summed E-state index contributed by atoms with van der Waals surface area (Å²) in [7, 11) is 1.51. The Morgan fingerprint density at radius 2 is 1.76 bits per heavy atom. The van der Waals surface area contributed by atoms with Crippen LogP contribution in [0.5, 0.6) is 0 Å². The molecular weight excluding hydrogens is 272 g/mol. The molecule has 7 heteroatoms. The van der Waals surface area contributed by atoms with Gasteiger partial charge in [-0.15, -0.1) is 0 Å². The first-order chi connectivity index (χ1) is 9.93. The van der Waals surface area contributed by atoms with Crippen LogP contribution in [0.25, 0.3) is 0 Å². The second kappa shape index (κ2) is 7.88. The molecule has 0 aliphatic rings. The fourth-order valence-corrected chi connectivity index (χ4v) is 1.58. The fraction of sp³-hybridized carbons (Fsp3) is 0.357. The average molecular weight is 292 g/mol. The maximum absolute atomic E-state index is 11.8. The van der Waals surface area contributed by atoms with Gasteiger partial charge in [-0.05, 0) is 31.2 Å². The van der Waals surface area contributed by atoms with Gasteiger partial charge in [-0.2, -0.15) is 0 Å². The van der Waals surface area contributed by atoms with Gasteiger partial charge in [0, 0.05) is 24.8 Å². The summed E-state index contributed by atoms with van der Waals surface area (Å²) < 4.78 is 0. The van der Waals surface area contributed by atoms with Gasteiger partial charge in [-0.1, -0.05) is 0 Å².